The van der Waals surface area contributed by atoms with Gasteiger partial charge in [-0.25, -0.2) is 9.07 Å². The molecule has 0 aliphatic heterocycles. The van der Waals surface area contributed by atoms with Crippen molar-refractivity contribution in [2.24, 2.45) is 0 Å². The summed E-state index contributed by atoms with van der Waals surface area (Å²) < 4.78 is 21.0. The van der Waals surface area contributed by atoms with Crippen LogP contribution < -0.4 is 5.32 Å². The molecule has 1 aliphatic carbocycles. The lowest BCUT2D eigenvalue weighted by molar-refractivity contribution is -0.119. The zero-order valence-corrected chi connectivity index (χ0v) is 15.5. The molecule has 1 amide bonds. The third kappa shape index (κ3) is 3.73. The van der Waals surface area contributed by atoms with Gasteiger partial charge >= 0.3 is 0 Å². The summed E-state index contributed by atoms with van der Waals surface area (Å²) in [5.41, 5.74) is 2.31. The molecule has 2 heterocycles. The predicted molar refractivity (Wildman–Crippen MR) is 97.1 cm³/mol. The maximum Gasteiger partial charge on any atom is 0.277 e. The average molecular weight is 387 g/mol. The zero-order chi connectivity index (χ0) is 18.8. The van der Waals surface area contributed by atoms with Crippen LogP contribution in [-0.4, -0.2) is 31.6 Å². The molecule has 0 unspecified atom stereocenters. The molecule has 1 aliphatic rings. The van der Waals surface area contributed by atoms with Crippen molar-refractivity contribution in [3.63, 3.8) is 0 Å². The maximum atomic E-state index is 14.1. The Morgan fingerprint density at radius 1 is 1.41 bits per heavy atom. The molecule has 0 spiro atoms. The van der Waals surface area contributed by atoms with E-state index in [-0.39, 0.29) is 23.5 Å². The van der Waals surface area contributed by atoms with Crippen molar-refractivity contribution in [2.75, 3.05) is 5.75 Å². The molecule has 1 atom stereocenters. The number of aryl methyl sites for hydroxylation is 1. The van der Waals surface area contributed by atoms with E-state index in [4.69, 9.17) is 4.42 Å². The van der Waals surface area contributed by atoms with Gasteiger partial charge in [0.05, 0.1) is 18.0 Å². The van der Waals surface area contributed by atoms with Crippen LogP contribution in [-0.2, 0) is 11.2 Å². The summed E-state index contributed by atoms with van der Waals surface area (Å²) >= 11 is 1.20. The van der Waals surface area contributed by atoms with E-state index in [2.05, 4.69) is 20.6 Å². The van der Waals surface area contributed by atoms with Crippen LogP contribution in [0, 0.1) is 12.7 Å². The number of carbonyl (C=O) groups is 1. The third-order valence-electron chi connectivity index (χ3n) is 4.43. The van der Waals surface area contributed by atoms with Gasteiger partial charge in [0.25, 0.3) is 5.22 Å². The topological polar surface area (TPSA) is 85.8 Å². The standard InChI is InChI=1S/C18H18FN5O2S/c1-11-22-23-18(26-11)27-10-17(25)21-14-6-4-8-15-12(14)9-20-24(15)16-7-3-2-5-13(16)19/h2-3,5,7,9,14H,4,6,8,10H2,1H3,(H,21,25)/t14-/m1/s1. The van der Waals surface area contributed by atoms with E-state index in [9.17, 15) is 9.18 Å². The highest BCUT2D eigenvalue weighted by atomic mass is 32.2. The highest BCUT2D eigenvalue weighted by molar-refractivity contribution is 7.99. The van der Waals surface area contributed by atoms with E-state index in [1.54, 1.807) is 36.0 Å². The van der Waals surface area contributed by atoms with Crippen LogP contribution in [0.5, 0.6) is 0 Å². The molecule has 7 nitrogen and oxygen atoms in total. The number of hydrogen-bond donors (Lipinski definition) is 1. The summed E-state index contributed by atoms with van der Waals surface area (Å²) in [4.78, 5) is 12.3. The Bertz CT molecular complexity index is 970. The van der Waals surface area contributed by atoms with Crippen LogP contribution in [0.25, 0.3) is 5.69 Å². The molecule has 0 bridgehead atoms. The highest BCUT2D eigenvalue weighted by Crippen LogP contribution is 2.31. The van der Waals surface area contributed by atoms with Crippen molar-refractivity contribution >= 4 is 17.7 Å². The second kappa shape index (κ2) is 7.51. The minimum atomic E-state index is -0.319. The van der Waals surface area contributed by atoms with Crippen LogP contribution >= 0.6 is 11.8 Å². The number of amides is 1. The van der Waals surface area contributed by atoms with Gasteiger partial charge in [0, 0.05) is 18.2 Å². The molecule has 140 valence electrons. The molecule has 0 radical (unpaired) electrons. The number of para-hydroxylation sites is 1. The molecule has 9 heteroatoms. The minimum absolute atomic E-state index is 0.118. The summed E-state index contributed by atoms with van der Waals surface area (Å²) in [5, 5.41) is 15.4. The molecule has 0 fully saturated rings. The first kappa shape index (κ1) is 17.7. The van der Waals surface area contributed by atoms with Gasteiger partial charge in [-0.05, 0) is 31.4 Å². The van der Waals surface area contributed by atoms with Gasteiger partial charge in [-0.15, -0.1) is 10.2 Å². The molecular weight excluding hydrogens is 369 g/mol. The Morgan fingerprint density at radius 2 is 2.26 bits per heavy atom. The summed E-state index contributed by atoms with van der Waals surface area (Å²) in [6.07, 6.45) is 4.24. The van der Waals surface area contributed by atoms with Crippen molar-refractivity contribution in [1.29, 1.82) is 0 Å². The smallest absolute Gasteiger partial charge is 0.277 e. The van der Waals surface area contributed by atoms with Crippen molar-refractivity contribution < 1.29 is 13.6 Å². The Balaban J connectivity index is 1.47. The van der Waals surface area contributed by atoms with Crippen molar-refractivity contribution in [2.45, 2.75) is 37.5 Å². The van der Waals surface area contributed by atoms with Gasteiger partial charge in [-0.3, -0.25) is 4.79 Å². The van der Waals surface area contributed by atoms with Crippen LogP contribution in [0.3, 0.4) is 0 Å². The fourth-order valence-electron chi connectivity index (χ4n) is 3.24. The molecule has 2 aromatic heterocycles. The number of rotatable bonds is 5. The number of aromatic nitrogens is 4. The van der Waals surface area contributed by atoms with Crippen LogP contribution in [0.2, 0.25) is 0 Å². The second-order valence-electron chi connectivity index (χ2n) is 6.30. The molecule has 1 N–H and O–H groups in total. The van der Waals surface area contributed by atoms with E-state index < -0.39 is 0 Å². The van der Waals surface area contributed by atoms with E-state index in [0.717, 1.165) is 30.5 Å². The van der Waals surface area contributed by atoms with Gasteiger partial charge in [0.2, 0.25) is 11.8 Å². The Morgan fingerprint density at radius 3 is 3.04 bits per heavy atom. The maximum absolute atomic E-state index is 14.1. The largest absolute Gasteiger partial charge is 0.416 e. The number of benzene rings is 1. The lowest BCUT2D eigenvalue weighted by atomic mass is 9.93. The fraction of sp³-hybridized carbons (Fsp3) is 0.333. The zero-order valence-electron chi connectivity index (χ0n) is 14.7. The lowest BCUT2D eigenvalue weighted by Gasteiger charge is -2.24. The minimum Gasteiger partial charge on any atom is -0.416 e. The van der Waals surface area contributed by atoms with E-state index >= 15 is 0 Å². The number of nitrogens with zero attached hydrogens (tertiary/aromatic N) is 4. The van der Waals surface area contributed by atoms with E-state index in [0.29, 0.717) is 16.8 Å². The lowest BCUT2D eigenvalue weighted by Crippen LogP contribution is -2.32. The van der Waals surface area contributed by atoms with Gasteiger partial charge in [-0.2, -0.15) is 5.10 Å². The Labute approximate surface area is 159 Å². The number of halogens is 1. The van der Waals surface area contributed by atoms with Crippen molar-refractivity contribution in [1.82, 2.24) is 25.3 Å². The summed E-state index contributed by atoms with van der Waals surface area (Å²) in [6, 6.07) is 6.42. The molecule has 0 saturated carbocycles. The number of carbonyl (C=O) groups excluding carboxylic acids is 1. The van der Waals surface area contributed by atoms with E-state index in [1.807, 2.05) is 0 Å². The molecular formula is C18H18FN5O2S. The Hall–Kier alpha value is -2.68. The summed E-state index contributed by atoms with van der Waals surface area (Å²) in [7, 11) is 0. The quantitative estimate of drug-likeness (QED) is 0.678. The molecule has 27 heavy (non-hydrogen) atoms. The van der Waals surface area contributed by atoms with E-state index in [1.165, 1.54) is 17.8 Å². The van der Waals surface area contributed by atoms with Gasteiger partial charge in [-0.1, -0.05) is 23.9 Å². The number of hydrogen-bond acceptors (Lipinski definition) is 6. The first-order chi connectivity index (χ1) is 13.1. The first-order valence-corrected chi connectivity index (χ1v) is 9.64. The monoisotopic (exact) mass is 387 g/mol. The average Bonchev–Trinajstić information content (AvgIpc) is 3.27. The van der Waals surface area contributed by atoms with Crippen LogP contribution in [0.15, 0.2) is 40.1 Å². The first-order valence-electron chi connectivity index (χ1n) is 8.66. The number of nitrogens with one attached hydrogen (secondary N) is 1. The summed E-state index contributed by atoms with van der Waals surface area (Å²) in [6.45, 7) is 1.70. The number of fused-ring (bicyclic) bond motifs is 1. The molecule has 0 saturated heterocycles. The summed E-state index contributed by atoms with van der Waals surface area (Å²) in [5.74, 6) is 0.220. The second-order valence-corrected chi connectivity index (χ2v) is 7.22. The van der Waals surface area contributed by atoms with Crippen LogP contribution in [0.4, 0.5) is 4.39 Å². The van der Waals surface area contributed by atoms with Gasteiger partial charge < -0.3 is 9.73 Å². The number of thioether (sulfide) groups is 1. The normalized spacial score (nSPS) is 16.1. The molecule has 4 rings (SSSR count). The molecule has 1 aromatic carbocycles. The molecule has 3 aromatic rings. The van der Waals surface area contributed by atoms with Gasteiger partial charge in [0.1, 0.15) is 11.5 Å². The Kier molecular flexibility index (Phi) is 4.93. The van der Waals surface area contributed by atoms with Crippen molar-refractivity contribution in [3.8, 4) is 5.69 Å². The SMILES string of the molecule is Cc1nnc(SCC(=O)N[C@@H]2CCCc3c2cnn3-c2ccccc2F)o1. The van der Waals surface area contributed by atoms with Gasteiger partial charge in [0.15, 0.2) is 0 Å². The third-order valence-corrected chi connectivity index (χ3v) is 5.25. The predicted octanol–water partition coefficient (Wildman–Crippen LogP) is 2.99. The van der Waals surface area contributed by atoms with Crippen molar-refractivity contribution in [3.05, 3.63) is 53.4 Å². The fourth-order valence-corrected chi connectivity index (χ4v) is 3.85. The van der Waals surface area contributed by atoms with Crippen LogP contribution in [0.1, 0.15) is 36.0 Å². The highest BCUT2D eigenvalue weighted by Gasteiger charge is 2.26.